The zero-order valence-electron chi connectivity index (χ0n) is 10.2. The fourth-order valence-electron chi connectivity index (χ4n) is 2.07. The number of likely N-dealkylation sites (tertiary alicyclic amines) is 1. The van der Waals surface area contributed by atoms with E-state index in [9.17, 15) is 14.7 Å². The lowest BCUT2D eigenvalue weighted by Gasteiger charge is -2.35. The second-order valence-electron chi connectivity index (χ2n) is 4.64. The number of carbonyl (C=O) groups excluding carboxylic acids is 1. The van der Waals surface area contributed by atoms with Crippen LogP contribution in [0.4, 0.5) is 0 Å². The Morgan fingerprint density at radius 1 is 1.16 bits per heavy atom. The summed E-state index contributed by atoms with van der Waals surface area (Å²) in [5.41, 5.74) is -1.11. The van der Waals surface area contributed by atoms with Gasteiger partial charge in [0.2, 0.25) is 0 Å². The van der Waals surface area contributed by atoms with Gasteiger partial charge in [0, 0.05) is 35.1 Å². The summed E-state index contributed by atoms with van der Waals surface area (Å²) in [5.74, 6) is -1.34. The van der Waals surface area contributed by atoms with Crippen molar-refractivity contribution < 1.29 is 19.8 Å². The predicted molar refractivity (Wildman–Crippen MR) is 76.9 cm³/mol. The Morgan fingerprint density at radius 3 is 2.16 bits per heavy atom. The van der Waals surface area contributed by atoms with Gasteiger partial charge in [0.05, 0.1) is 0 Å². The highest BCUT2D eigenvalue weighted by Crippen LogP contribution is 2.23. The van der Waals surface area contributed by atoms with Gasteiger partial charge in [0.1, 0.15) is 0 Å². The lowest BCUT2D eigenvalue weighted by molar-refractivity contribution is -0.162. The van der Waals surface area contributed by atoms with Crippen molar-refractivity contribution in [1.29, 1.82) is 0 Å². The van der Waals surface area contributed by atoms with Crippen molar-refractivity contribution in [3.63, 3.8) is 0 Å². The fourth-order valence-corrected chi connectivity index (χ4v) is 2.43. The number of piperidine rings is 1. The Kier molecular flexibility index (Phi) is 4.10. The fraction of sp³-hybridized carbons (Fsp3) is 0.385. The van der Waals surface area contributed by atoms with Crippen LogP contribution in [0.2, 0.25) is 0 Å². The minimum Gasteiger partial charge on any atom is -0.479 e. The maximum absolute atomic E-state index is 12.2. The molecule has 1 fully saturated rings. The molecule has 0 spiro atoms. The average molecular weight is 375 g/mol. The first-order chi connectivity index (χ1) is 8.92. The summed E-state index contributed by atoms with van der Waals surface area (Å²) >= 11 is 2.16. The van der Waals surface area contributed by atoms with E-state index in [1.165, 1.54) is 0 Å². The molecule has 6 heteroatoms. The highest BCUT2D eigenvalue weighted by Gasteiger charge is 2.40. The summed E-state index contributed by atoms with van der Waals surface area (Å²) < 4.78 is 1.05. The summed E-state index contributed by atoms with van der Waals surface area (Å²) in [6.07, 6.45) is 0.136. The van der Waals surface area contributed by atoms with Crippen LogP contribution in [0.3, 0.4) is 0 Å². The molecule has 1 aromatic rings. The molecule has 0 aromatic heterocycles. The Labute approximate surface area is 124 Å². The van der Waals surface area contributed by atoms with E-state index in [4.69, 9.17) is 5.11 Å². The number of rotatable bonds is 2. The van der Waals surface area contributed by atoms with Gasteiger partial charge in [-0.2, -0.15) is 0 Å². The van der Waals surface area contributed by atoms with Crippen LogP contribution in [0.25, 0.3) is 0 Å². The van der Waals surface area contributed by atoms with Gasteiger partial charge in [-0.25, -0.2) is 4.79 Å². The van der Waals surface area contributed by atoms with Crippen molar-refractivity contribution in [2.24, 2.45) is 0 Å². The van der Waals surface area contributed by atoms with E-state index >= 15 is 0 Å². The summed E-state index contributed by atoms with van der Waals surface area (Å²) in [4.78, 5) is 24.7. The number of carboxylic acids is 1. The van der Waals surface area contributed by atoms with Crippen LogP contribution in [-0.4, -0.2) is 45.7 Å². The average Bonchev–Trinajstić information content (AvgIpc) is 2.39. The molecule has 2 N–H and O–H groups in total. The molecule has 19 heavy (non-hydrogen) atoms. The molecular weight excluding hydrogens is 361 g/mol. The lowest BCUT2D eigenvalue weighted by atomic mass is 9.91. The van der Waals surface area contributed by atoms with E-state index in [2.05, 4.69) is 22.6 Å². The minimum atomic E-state index is -1.69. The molecule has 0 atom stereocenters. The van der Waals surface area contributed by atoms with Crippen molar-refractivity contribution >= 4 is 34.5 Å². The maximum Gasteiger partial charge on any atom is 0.335 e. The Morgan fingerprint density at radius 2 is 1.68 bits per heavy atom. The molecule has 1 amide bonds. The number of hydrogen-bond donors (Lipinski definition) is 2. The highest BCUT2D eigenvalue weighted by atomic mass is 127. The monoisotopic (exact) mass is 375 g/mol. The van der Waals surface area contributed by atoms with Crippen LogP contribution >= 0.6 is 22.6 Å². The molecule has 0 radical (unpaired) electrons. The van der Waals surface area contributed by atoms with E-state index in [1.807, 2.05) is 12.1 Å². The van der Waals surface area contributed by atoms with E-state index in [-0.39, 0.29) is 31.8 Å². The second kappa shape index (κ2) is 5.46. The van der Waals surface area contributed by atoms with Crippen molar-refractivity contribution in [2.45, 2.75) is 18.4 Å². The van der Waals surface area contributed by atoms with Gasteiger partial charge in [-0.3, -0.25) is 4.79 Å². The normalized spacial score (nSPS) is 18.1. The molecule has 0 bridgehead atoms. The molecule has 102 valence electrons. The van der Waals surface area contributed by atoms with E-state index < -0.39 is 11.6 Å². The van der Waals surface area contributed by atoms with Crippen LogP contribution in [0.5, 0.6) is 0 Å². The SMILES string of the molecule is O=C(c1ccc(I)cc1)N1CCC(O)(C(=O)O)CC1. The van der Waals surface area contributed by atoms with Crippen molar-refractivity contribution in [3.05, 3.63) is 33.4 Å². The maximum atomic E-state index is 12.2. The number of nitrogens with zero attached hydrogens (tertiary/aromatic N) is 1. The largest absolute Gasteiger partial charge is 0.479 e. The molecule has 1 aliphatic rings. The third-order valence-corrected chi connectivity index (χ3v) is 4.09. The third-order valence-electron chi connectivity index (χ3n) is 3.37. The number of amides is 1. The van der Waals surface area contributed by atoms with Gasteiger partial charge >= 0.3 is 5.97 Å². The topological polar surface area (TPSA) is 77.8 Å². The van der Waals surface area contributed by atoms with Gasteiger partial charge in [-0.1, -0.05) is 0 Å². The minimum absolute atomic E-state index is 0.0679. The number of halogens is 1. The molecule has 0 aliphatic carbocycles. The lowest BCUT2D eigenvalue weighted by Crippen LogP contribution is -2.50. The van der Waals surface area contributed by atoms with E-state index in [0.717, 1.165) is 3.57 Å². The number of aliphatic hydroxyl groups is 1. The standard InChI is InChI=1S/C13H14INO4/c14-10-3-1-9(2-4-10)11(16)15-7-5-13(19,6-8-15)12(17)18/h1-4,19H,5-8H2,(H,17,18). The van der Waals surface area contributed by atoms with Crippen molar-refractivity contribution in [2.75, 3.05) is 13.1 Å². The first kappa shape index (κ1) is 14.3. The molecule has 1 aliphatic heterocycles. The first-order valence-corrected chi connectivity index (χ1v) is 7.01. The van der Waals surface area contributed by atoms with Gasteiger partial charge in [0.15, 0.2) is 5.60 Å². The van der Waals surface area contributed by atoms with Crippen molar-refractivity contribution in [1.82, 2.24) is 4.90 Å². The zero-order valence-corrected chi connectivity index (χ0v) is 12.3. The number of benzene rings is 1. The van der Waals surface area contributed by atoms with Crippen molar-refractivity contribution in [3.8, 4) is 0 Å². The summed E-state index contributed by atoms with van der Waals surface area (Å²) in [6, 6.07) is 7.21. The Bertz CT molecular complexity index is 492. The summed E-state index contributed by atoms with van der Waals surface area (Å²) in [5, 5.41) is 18.7. The van der Waals surface area contributed by atoms with Crippen LogP contribution in [0.1, 0.15) is 23.2 Å². The molecule has 0 saturated carbocycles. The first-order valence-electron chi connectivity index (χ1n) is 5.93. The molecule has 2 rings (SSSR count). The highest BCUT2D eigenvalue weighted by molar-refractivity contribution is 14.1. The molecule has 5 nitrogen and oxygen atoms in total. The third kappa shape index (κ3) is 3.06. The van der Waals surface area contributed by atoms with Gasteiger partial charge in [-0.05, 0) is 46.9 Å². The van der Waals surface area contributed by atoms with E-state index in [1.54, 1.807) is 17.0 Å². The van der Waals surface area contributed by atoms with Gasteiger partial charge < -0.3 is 15.1 Å². The second-order valence-corrected chi connectivity index (χ2v) is 5.88. The number of hydrogen-bond acceptors (Lipinski definition) is 3. The predicted octanol–water partition coefficient (Wildman–Crippen LogP) is 1.34. The van der Waals surface area contributed by atoms with Crippen LogP contribution in [-0.2, 0) is 4.79 Å². The summed E-state index contributed by atoms with van der Waals surface area (Å²) in [6.45, 7) is 0.515. The van der Waals surface area contributed by atoms with Crippen LogP contribution < -0.4 is 0 Å². The smallest absolute Gasteiger partial charge is 0.335 e. The number of aliphatic carboxylic acids is 1. The summed E-state index contributed by atoms with van der Waals surface area (Å²) in [7, 11) is 0. The molecular formula is C13H14INO4. The molecule has 0 unspecified atom stereocenters. The number of carboxylic acid groups (broad SMARTS) is 1. The van der Waals surface area contributed by atoms with Gasteiger partial charge in [-0.15, -0.1) is 0 Å². The Balaban J connectivity index is 2.04. The molecule has 1 saturated heterocycles. The molecule has 1 heterocycles. The molecule has 1 aromatic carbocycles. The number of carbonyl (C=O) groups is 2. The van der Waals surface area contributed by atoms with E-state index in [0.29, 0.717) is 5.56 Å². The quantitative estimate of drug-likeness (QED) is 0.765. The van der Waals surface area contributed by atoms with Gasteiger partial charge in [0.25, 0.3) is 5.91 Å². The van der Waals surface area contributed by atoms with Crippen LogP contribution in [0.15, 0.2) is 24.3 Å². The van der Waals surface area contributed by atoms with Crippen LogP contribution in [0, 0.1) is 3.57 Å². The Hall–Kier alpha value is -1.15. The zero-order chi connectivity index (χ0) is 14.0.